The van der Waals surface area contributed by atoms with Crippen LogP contribution in [0.1, 0.15) is 39.2 Å². The number of rotatable bonds is 10. The zero-order valence-electron chi connectivity index (χ0n) is 17.5. The van der Waals surface area contributed by atoms with Crippen molar-refractivity contribution >= 4 is 35.0 Å². The van der Waals surface area contributed by atoms with Crippen molar-refractivity contribution < 1.29 is 14.3 Å². The first-order valence-corrected chi connectivity index (χ1v) is 10.8. The van der Waals surface area contributed by atoms with Gasteiger partial charge >= 0.3 is 0 Å². The fourth-order valence-corrected chi connectivity index (χ4v) is 3.34. The van der Waals surface area contributed by atoms with Crippen LogP contribution in [0.3, 0.4) is 0 Å². The van der Waals surface area contributed by atoms with Crippen LogP contribution in [0.5, 0.6) is 5.75 Å². The van der Waals surface area contributed by atoms with Crippen molar-refractivity contribution in [1.29, 1.82) is 0 Å². The molecule has 2 aromatic carbocycles. The van der Waals surface area contributed by atoms with Gasteiger partial charge in [-0.25, -0.2) is 0 Å². The van der Waals surface area contributed by atoms with Gasteiger partial charge in [-0.2, -0.15) is 0 Å². The van der Waals surface area contributed by atoms with E-state index < -0.39 is 6.04 Å². The number of benzene rings is 2. The van der Waals surface area contributed by atoms with E-state index in [1.54, 1.807) is 30.3 Å². The number of nitrogens with one attached hydrogen (secondary N) is 1. The summed E-state index contributed by atoms with van der Waals surface area (Å²) in [7, 11) is 0. The Morgan fingerprint density at radius 3 is 2.23 bits per heavy atom. The molecule has 0 fully saturated rings. The van der Waals surface area contributed by atoms with Crippen LogP contribution >= 0.6 is 23.2 Å². The predicted octanol–water partition coefficient (Wildman–Crippen LogP) is 5.09. The molecule has 5 nitrogen and oxygen atoms in total. The van der Waals surface area contributed by atoms with Crippen molar-refractivity contribution in [2.75, 3.05) is 6.61 Å². The second kappa shape index (κ2) is 11.8. The number of carbonyl (C=O) groups is 2. The normalized spacial score (nSPS) is 12.7. The van der Waals surface area contributed by atoms with Crippen LogP contribution in [0.15, 0.2) is 48.5 Å². The number of ether oxygens (including phenoxy) is 1. The summed E-state index contributed by atoms with van der Waals surface area (Å²) in [5.41, 5.74) is 0.764. The summed E-state index contributed by atoms with van der Waals surface area (Å²) < 4.78 is 5.64. The molecular weight excluding hydrogens is 423 g/mol. The Morgan fingerprint density at radius 1 is 1.00 bits per heavy atom. The van der Waals surface area contributed by atoms with Crippen LogP contribution in [0.2, 0.25) is 10.0 Å². The van der Waals surface area contributed by atoms with Gasteiger partial charge in [-0.15, -0.1) is 0 Å². The predicted molar refractivity (Wildman–Crippen MR) is 121 cm³/mol. The molecule has 0 radical (unpaired) electrons. The molecular formula is C23H28Cl2N2O3. The van der Waals surface area contributed by atoms with E-state index in [1.807, 2.05) is 39.0 Å². The van der Waals surface area contributed by atoms with Crippen LogP contribution in [-0.4, -0.2) is 35.4 Å². The van der Waals surface area contributed by atoms with Crippen LogP contribution in [0, 0.1) is 0 Å². The largest absolute Gasteiger partial charge is 0.482 e. The van der Waals surface area contributed by atoms with Gasteiger partial charge in [0.05, 0.1) is 5.02 Å². The first-order valence-electron chi connectivity index (χ1n) is 10.1. The summed E-state index contributed by atoms with van der Waals surface area (Å²) in [6.45, 7) is 5.78. The fourth-order valence-electron chi connectivity index (χ4n) is 2.95. The van der Waals surface area contributed by atoms with Crippen LogP contribution in [0.4, 0.5) is 0 Å². The Bertz CT molecular complexity index is 860. The lowest BCUT2D eigenvalue weighted by Crippen LogP contribution is -2.51. The van der Waals surface area contributed by atoms with Gasteiger partial charge in [0.1, 0.15) is 11.8 Å². The van der Waals surface area contributed by atoms with Gasteiger partial charge in [0.15, 0.2) is 6.61 Å². The molecule has 0 aliphatic heterocycles. The van der Waals surface area contributed by atoms with Gasteiger partial charge in [0, 0.05) is 17.6 Å². The molecule has 0 unspecified atom stereocenters. The SMILES string of the molecule is CC[C@@H](C)NC(=O)[C@@H](CC)N(Cc1ccccc1Cl)C(=O)COc1ccccc1Cl. The van der Waals surface area contributed by atoms with E-state index in [0.717, 1.165) is 12.0 Å². The third-order valence-electron chi connectivity index (χ3n) is 4.87. The van der Waals surface area contributed by atoms with E-state index in [0.29, 0.717) is 22.2 Å². The summed E-state index contributed by atoms with van der Waals surface area (Å²) >= 11 is 12.4. The number of carbonyl (C=O) groups excluding carboxylic acids is 2. The fraction of sp³-hybridized carbons (Fsp3) is 0.391. The second-order valence-corrected chi connectivity index (χ2v) is 7.89. The molecule has 0 saturated heterocycles. The highest BCUT2D eigenvalue weighted by atomic mass is 35.5. The molecule has 0 aliphatic rings. The quantitative estimate of drug-likeness (QED) is 0.547. The summed E-state index contributed by atoms with van der Waals surface area (Å²) in [5.74, 6) is -0.0895. The molecule has 7 heteroatoms. The van der Waals surface area contributed by atoms with Crippen molar-refractivity contribution in [1.82, 2.24) is 10.2 Å². The molecule has 30 heavy (non-hydrogen) atoms. The van der Waals surface area contributed by atoms with Gasteiger partial charge in [-0.05, 0) is 43.5 Å². The highest BCUT2D eigenvalue weighted by molar-refractivity contribution is 6.32. The van der Waals surface area contributed by atoms with Crippen molar-refractivity contribution in [2.24, 2.45) is 0 Å². The van der Waals surface area contributed by atoms with Gasteiger partial charge in [0.25, 0.3) is 5.91 Å². The van der Waals surface area contributed by atoms with E-state index in [-0.39, 0.29) is 31.0 Å². The average Bonchev–Trinajstić information content (AvgIpc) is 2.74. The molecule has 0 spiro atoms. The van der Waals surface area contributed by atoms with E-state index in [2.05, 4.69) is 5.32 Å². The molecule has 2 rings (SSSR count). The maximum atomic E-state index is 13.1. The Hall–Kier alpha value is -2.24. The summed E-state index contributed by atoms with van der Waals surface area (Å²) in [5, 5.41) is 3.93. The molecule has 162 valence electrons. The molecule has 0 heterocycles. The number of halogens is 2. The summed E-state index contributed by atoms with van der Waals surface area (Å²) in [6.07, 6.45) is 1.26. The van der Waals surface area contributed by atoms with Gasteiger partial charge in [0.2, 0.25) is 5.91 Å². The third-order valence-corrected chi connectivity index (χ3v) is 5.55. The standard InChI is InChI=1S/C23H28Cl2N2O3/c1-4-16(3)26-23(29)20(5-2)27(14-17-10-6-7-11-18(17)24)22(28)15-30-21-13-9-8-12-19(21)25/h6-13,16,20H,4-5,14-15H2,1-3H3,(H,26,29)/t16-,20-/m1/s1. The van der Waals surface area contributed by atoms with E-state index in [4.69, 9.17) is 27.9 Å². The Labute approximate surface area is 188 Å². The summed E-state index contributed by atoms with van der Waals surface area (Å²) in [4.78, 5) is 27.6. The smallest absolute Gasteiger partial charge is 0.261 e. The Balaban J connectivity index is 2.24. The zero-order chi connectivity index (χ0) is 22.1. The zero-order valence-corrected chi connectivity index (χ0v) is 19.0. The molecule has 2 atom stereocenters. The number of para-hydroxylation sites is 1. The highest BCUT2D eigenvalue weighted by Crippen LogP contribution is 2.24. The first kappa shape index (κ1) is 24.0. The topological polar surface area (TPSA) is 58.6 Å². The molecule has 0 bridgehead atoms. The minimum absolute atomic E-state index is 0.0168. The van der Waals surface area contributed by atoms with E-state index in [9.17, 15) is 9.59 Å². The van der Waals surface area contributed by atoms with Gasteiger partial charge < -0.3 is 15.0 Å². The van der Waals surface area contributed by atoms with Gasteiger partial charge in [-0.3, -0.25) is 9.59 Å². The van der Waals surface area contributed by atoms with E-state index >= 15 is 0 Å². The monoisotopic (exact) mass is 450 g/mol. The maximum absolute atomic E-state index is 13.1. The third kappa shape index (κ3) is 6.64. The summed E-state index contributed by atoms with van der Waals surface area (Å²) in [6, 6.07) is 13.6. The van der Waals surface area contributed by atoms with E-state index in [1.165, 1.54) is 4.90 Å². The lowest BCUT2D eigenvalue weighted by Gasteiger charge is -2.31. The molecule has 1 N–H and O–H groups in total. The lowest BCUT2D eigenvalue weighted by molar-refractivity contribution is -0.143. The molecule has 0 saturated carbocycles. The molecule has 0 aliphatic carbocycles. The van der Waals surface area contributed by atoms with Gasteiger partial charge in [-0.1, -0.05) is 67.4 Å². The Kier molecular flexibility index (Phi) is 9.47. The molecule has 0 aromatic heterocycles. The second-order valence-electron chi connectivity index (χ2n) is 7.07. The molecule has 2 aromatic rings. The molecule has 2 amide bonds. The number of hydrogen-bond acceptors (Lipinski definition) is 3. The van der Waals surface area contributed by atoms with Crippen molar-refractivity contribution in [2.45, 2.75) is 52.2 Å². The van der Waals surface area contributed by atoms with Crippen LogP contribution in [0.25, 0.3) is 0 Å². The van der Waals surface area contributed by atoms with Crippen LogP contribution in [-0.2, 0) is 16.1 Å². The number of hydrogen-bond donors (Lipinski definition) is 1. The first-order chi connectivity index (χ1) is 14.4. The maximum Gasteiger partial charge on any atom is 0.261 e. The minimum Gasteiger partial charge on any atom is -0.482 e. The van der Waals surface area contributed by atoms with Crippen molar-refractivity contribution in [3.63, 3.8) is 0 Å². The number of nitrogens with zero attached hydrogens (tertiary/aromatic N) is 1. The minimum atomic E-state index is -0.641. The lowest BCUT2D eigenvalue weighted by atomic mass is 10.1. The highest BCUT2D eigenvalue weighted by Gasteiger charge is 2.30. The van der Waals surface area contributed by atoms with Crippen molar-refractivity contribution in [3.05, 3.63) is 64.1 Å². The number of amides is 2. The van der Waals surface area contributed by atoms with Crippen molar-refractivity contribution in [3.8, 4) is 5.75 Å². The Morgan fingerprint density at radius 2 is 1.63 bits per heavy atom. The van der Waals surface area contributed by atoms with Crippen LogP contribution < -0.4 is 10.1 Å². The average molecular weight is 451 g/mol.